The monoisotopic (exact) mass is 231 g/mol. The molecule has 0 saturated heterocycles. The van der Waals surface area contributed by atoms with Crippen molar-refractivity contribution < 1.29 is 8.42 Å². The molecule has 1 rings (SSSR count). The first-order chi connectivity index (χ1) is 6.88. The molecule has 86 valence electrons. The summed E-state index contributed by atoms with van der Waals surface area (Å²) in [5.74, 6) is 0. The van der Waals surface area contributed by atoms with Crippen LogP contribution in [0.3, 0.4) is 0 Å². The summed E-state index contributed by atoms with van der Waals surface area (Å²) in [7, 11) is -3.65. The lowest BCUT2D eigenvalue weighted by molar-refractivity contribution is 0.553. The van der Waals surface area contributed by atoms with Crippen LogP contribution in [0.4, 0.5) is 0 Å². The van der Waals surface area contributed by atoms with Gasteiger partial charge >= 0.3 is 0 Å². The van der Waals surface area contributed by atoms with Crippen molar-refractivity contribution in [3.63, 3.8) is 0 Å². The molecule has 1 heterocycles. The molecule has 6 heteroatoms. The smallest absolute Gasteiger partial charge is 0.241 e. The van der Waals surface area contributed by atoms with Gasteiger partial charge in [-0.1, -0.05) is 13.3 Å². The van der Waals surface area contributed by atoms with E-state index >= 15 is 0 Å². The van der Waals surface area contributed by atoms with Gasteiger partial charge in [-0.25, -0.2) is 13.6 Å². The lowest BCUT2D eigenvalue weighted by Crippen LogP contribution is -2.14. The zero-order valence-corrected chi connectivity index (χ0v) is 10.1. The van der Waals surface area contributed by atoms with E-state index in [1.165, 1.54) is 0 Å². The van der Waals surface area contributed by atoms with Crippen molar-refractivity contribution in [3.8, 4) is 0 Å². The third-order valence-electron chi connectivity index (χ3n) is 2.32. The van der Waals surface area contributed by atoms with E-state index in [4.69, 9.17) is 5.14 Å². The van der Waals surface area contributed by atoms with Gasteiger partial charge in [-0.2, -0.15) is 5.10 Å². The molecule has 0 aliphatic heterocycles. The number of hydrogen-bond donors (Lipinski definition) is 1. The van der Waals surface area contributed by atoms with Crippen LogP contribution in [0.5, 0.6) is 0 Å². The topological polar surface area (TPSA) is 78.0 Å². The molecule has 0 bridgehead atoms. The normalized spacial score (nSPS) is 12.0. The quantitative estimate of drug-likeness (QED) is 0.838. The minimum absolute atomic E-state index is 0.165. The summed E-state index contributed by atoms with van der Waals surface area (Å²) in [5.41, 5.74) is 1.11. The average molecular weight is 231 g/mol. The van der Waals surface area contributed by atoms with E-state index in [0.717, 1.165) is 19.4 Å². The van der Waals surface area contributed by atoms with Crippen molar-refractivity contribution in [1.29, 1.82) is 0 Å². The molecule has 0 saturated carbocycles. The molecule has 0 fully saturated rings. The number of nitrogens with zero attached hydrogens (tertiary/aromatic N) is 2. The van der Waals surface area contributed by atoms with Crippen LogP contribution in [0.25, 0.3) is 0 Å². The van der Waals surface area contributed by atoms with E-state index < -0.39 is 10.0 Å². The SMILES string of the molecule is CCCCn1nc(C)c(S(N)(=O)=O)c1C. The molecule has 0 unspecified atom stereocenters. The van der Waals surface area contributed by atoms with Gasteiger partial charge in [0.1, 0.15) is 4.90 Å². The molecule has 0 aromatic carbocycles. The highest BCUT2D eigenvalue weighted by atomic mass is 32.2. The van der Waals surface area contributed by atoms with Gasteiger partial charge < -0.3 is 0 Å². The zero-order chi connectivity index (χ0) is 11.6. The second-order valence-corrected chi connectivity index (χ2v) is 5.12. The van der Waals surface area contributed by atoms with Gasteiger partial charge in [0.2, 0.25) is 10.0 Å². The Labute approximate surface area is 90.3 Å². The van der Waals surface area contributed by atoms with Crippen LogP contribution in [0.15, 0.2) is 4.90 Å². The van der Waals surface area contributed by atoms with Crippen molar-refractivity contribution in [2.24, 2.45) is 5.14 Å². The average Bonchev–Trinajstić information content (AvgIpc) is 2.36. The van der Waals surface area contributed by atoms with E-state index in [9.17, 15) is 8.42 Å². The van der Waals surface area contributed by atoms with Crippen molar-refractivity contribution in [1.82, 2.24) is 9.78 Å². The first-order valence-corrected chi connectivity index (χ1v) is 6.49. The third-order valence-corrected chi connectivity index (χ3v) is 3.48. The molecule has 5 nitrogen and oxygen atoms in total. The minimum Gasteiger partial charge on any atom is -0.268 e. The molecule has 0 spiro atoms. The van der Waals surface area contributed by atoms with Crippen LogP contribution in [0.1, 0.15) is 31.2 Å². The molecular formula is C9H17N3O2S. The Bertz CT molecular complexity index is 448. The van der Waals surface area contributed by atoms with Crippen LogP contribution in [0.2, 0.25) is 0 Å². The Morgan fingerprint density at radius 3 is 2.40 bits per heavy atom. The Hall–Kier alpha value is -0.880. The zero-order valence-electron chi connectivity index (χ0n) is 9.32. The molecule has 0 atom stereocenters. The van der Waals surface area contributed by atoms with Crippen LogP contribution in [-0.2, 0) is 16.6 Å². The van der Waals surface area contributed by atoms with Crippen LogP contribution in [0, 0.1) is 13.8 Å². The molecule has 15 heavy (non-hydrogen) atoms. The predicted molar refractivity (Wildman–Crippen MR) is 58.0 cm³/mol. The lowest BCUT2D eigenvalue weighted by atomic mass is 10.3. The van der Waals surface area contributed by atoms with E-state index in [1.54, 1.807) is 18.5 Å². The summed E-state index contributed by atoms with van der Waals surface area (Å²) in [6.07, 6.45) is 2.02. The van der Waals surface area contributed by atoms with Gasteiger partial charge in [-0.15, -0.1) is 0 Å². The maximum absolute atomic E-state index is 11.3. The molecule has 0 aliphatic rings. The van der Waals surface area contributed by atoms with Gasteiger partial charge in [-0.3, -0.25) is 4.68 Å². The number of sulfonamides is 1. The van der Waals surface area contributed by atoms with Gasteiger partial charge in [0.25, 0.3) is 0 Å². The van der Waals surface area contributed by atoms with Crippen LogP contribution < -0.4 is 5.14 Å². The first-order valence-electron chi connectivity index (χ1n) is 4.94. The molecule has 1 aromatic rings. The molecular weight excluding hydrogens is 214 g/mol. The van der Waals surface area contributed by atoms with Gasteiger partial charge in [0.05, 0.1) is 11.4 Å². The maximum atomic E-state index is 11.3. The van der Waals surface area contributed by atoms with E-state index in [1.807, 2.05) is 0 Å². The predicted octanol–water partition coefficient (Wildman–Crippen LogP) is 0.947. The van der Waals surface area contributed by atoms with Crippen molar-refractivity contribution in [2.75, 3.05) is 0 Å². The Morgan fingerprint density at radius 1 is 1.40 bits per heavy atom. The summed E-state index contributed by atoms with van der Waals surface area (Å²) in [4.78, 5) is 0.165. The van der Waals surface area contributed by atoms with Crippen LogP contribution >= 0.6 is 0 Å². The summed E-state index contributed by atoms with van der Waals surface area (Å²) >= 11 is 0. The number of rotatable bonds is 4. The highest BCUT2D eigenvalue weighted by Gasteiger charge is 2.20. The first kappa shape index (κ1) is 12.2. The second kappa shape index (κ2) is 4.32. The number of aryl methyl sites for hydroxylation is 2. The fourth-order valence-corrected chi connectivity index (χ4v) is 2.59. The lowest BCUT2D eigenvalue weighted by Gasteiger charge is -2.02. The standard InChI is InChI=1S/C9H17N3O2S/c1-4-5-6-12-8(3)9(7(2)11-12)15(10,13)14/h4-6H2,1-3H3,(H2,10,13,14). The van der Waals surface area contributed by atoms with Crippen molar-refractivity contribution in [2.45, 2.75) is 45.1 Å². The number of hydrogen-bond acceptors (Lipinski definition) is 3. The second-order valence-electron chi connectivity index (χ2n) is 3.62. The van der Waals surface area contributed by atoms with Crippen molar-refractivity contribution >= 4 is 10.0 Å². The van der Waals surface area contributed by atoms with Crippen LogP contribution in [-0.4, -0.2) is 18.2 Å². The van der Waals surface area contributed by atoms with E-state index in [0.29, 0.717) is 11.4 Å². The van der Waals surface area contributed by atoms with Gasteiger partial charge in [-0.05, 0) is 20.3 Å². The summed E-state index contributed by atoms with van der Waals surface area (Å²) in [6.45, 7) is 6.20. The fraction of sp³-hybridized carbons (Fsp3) is 0.667. The van der Waals surface area contributed by atoms with Crippen molar-refractivity contribution in [3.05, 3.63) is 11.4 Å². The fourth-order valence-electron chi connectivity index (χ4n) is 1.62. The number of aromatic nitrogens is 2. The number of unbranched alkanes of at least 4 members (excludes halogenated alkanes) is 1. The largest absolute Gasteiger partial charge is 0.268 e. The Kier molecular flexibility index (Phi) is 3.51. The Balaban J connectivity index is 3.15. The third kappa shape index (κ3) is 2.57. The summed E-state index contributed by atoms with van der Waals surface area (Å²) in [5, 5.41) is 9.29. The summed E-state index contributed by atoms with van der Waals surface area (Å²) < 4.78 is 24.3. The highest BCUT2D eigenvalue weighted by Crippen LogP contribution is 2.17. The Morgan fingerprint density at radius 2 is 2.00 bits per heavy atom. The van der Waals surface area contributed by atoms with E-state index in [2.05, 4.69) is 12.0 Å². The number of primary sulfonamides is 1. The molecule has 0 radical (unpaired) electrons. The maximum Gasteiger partial charge on any atom is 0.241 e. The minimum atomic E-state index is -3.65. The number of nitrogens with two attached hydrogens (primary N) is 1. The molecule has 0 aliphatic carbocycles. The highest BCUT2D eigenvalue weighted by molar-refractivity contribution is 7.89. The molecule has 1 aromatic heterocycles. The molecule has 2 N–H and O–H groups in total. The van der Waals surface area contributed by atoms with Gasteiger partial charge in [0, 0.05) is 6.54 Å². The summed E-state index contributed by atoms with van der Waals surface area (Å²) in [6, 6.07) is 0. The molecule has 0 amide bonds. The van der Waals surface area contributed by atoms with E-state index in [-0.39, 0.29) is 4.90 Å². The van der Waals surface area contributed by atoms with Gasteiger partial charge in [0.15, 0.2) is 0 Å².